The van der Waals surface area contributed by atoms with Gasteiger partial charge in [0.05, 0.1) is 11.6 Å². The quantitative estimate of drug-likeness (QED) is 0.808. The Bertz CT molecular complexity index is 651. The number of rotatable bonds is 3. The molecule has 2 amide bonds. The van der Waals surface area contributed by atoms with E-state index in [1.54, 1.807) is 12.1 Å². The van der Waals surface area contributed by atoms with Gasteiger partial charge in [-0.3, -0.25) is 14.5 Å². The van der Waals surface area contributed by atoms with Crippen molar-refractivity contribution in [2.45, 2.75) is 19.3 Å². The molecule has 2 aromatic rings. The molecule has 106 valence electrons. The first-order valence-electron chi connectivity index (χ1n) is 7.15. The first kappa shape index (κ1) is 13.6. The fraction of sp³-hybridized carbons (Fsp3) is 0.222. The zero-order valence-corrected chi connectivity index (χ0v) is 11.9. The smallest absolute Gasteiger partial charge is 0.237 e. The van der Waals surface area contributed by atoms with Crippen LogP contribution in [0.3, 0.4) is 0 Å². The minimum Gasteiger partial charge on any atom is -0.274 e. The van der Waals surface area contributed by atoms with E-state index >= 15 is 0 Å². The molecule has 0 spiro atoms. The number of nitrogens with zero attached hydrogens (tertiary/aromatic N) is 1. The summed E-state index contributed by atoms with van der Waals surface area (Å²) in [6.07, 6.45) is 0.282. The Hall–Kier alpha value is -2.42. The highest BCUT2D eigenvalue weighted by atomic mass is 16.2. The SMILES string of the molecule is C[C@H](c1ccccc1)[C@@H]1CC(=O)N(c2ccccc2)C1=O. The van der Waals surface area contributed by atoms with E-state index in [9.17, 15) is 9.59 Å². The highest BCUT2D eigenvalue weighted by Gasteiger charge is 2.42. The molecule has 3 nitrogen and oxygen atoms in total. The Morgan fingerprint density at radius 2 is 1.52 bits per heavy atom. The summed E-state index contributed by atoms with van der Waals surface area (Å²) in [5, 5.41) is 0. The van der Waals surface area contributed by atoms with Gasteiger partial charge in [-0.05, 0) is 23.6 Å². The van der Waals surface area contributed by atoms with Gasteiger partial charge in [0.2, 0.25) is 11.8 Å². The monoisotopic (exact) mass is 279 g/mol. The van der Waals surface area contributed by atoms with Crippen LogP contribution in [0.15, 0.2) is 60.7 Å². The second kappa shape index (κ2) is 5.52. The van der Waals surface area contributed by atoms with Crippen LogP contribution < -0.4 is 4.90 Å². The Labute approximate surface area is 124 Å². The topological polar surface area (TPSA) is 37.4 Å². The maximum atomic E-state index is 12.6. The zero-order valence-electron chi connectivity index (χ0n) is 11.9. The van der Waals surface area contributed by atoms with Crippen molar-refractivity contribution in [3.05, 3.63) is 66.2 Å². The van der Waals surface area contributed by atoms with Crippen molar-refractivity contribution in [3.8, 4) is 0 Å². The molecule has 0 unspecified atom stereocenters. The van der Waals surface area contributed by atoms with E-state index in [1.165, 1.54) is 4.90 Å². The molecule has 0 radical (unpaired) electrons. The summed E-state index contributed by atoms with van der Waals surface area (Å²) in [6, 6.07) is 19.0. The van der Waals surface area contributed by atoms with Crippen LogP contribution in [-0.4, -0.2) is 11.8 Å². The molecule has 3 rings (SSSR count). The summed E-state index contributed by atoms with van der Waals surface area (Å²) in [6.45, 7) is 2.01. The Morgan fingerprint density at radius 1 is 0.952 bits per heavy atom. The molecule has 2 atom stereocenters. The molecule has 2 aromatic carbocycles. The van der Waals surface area contributed by atoms with E-state index in [0.29, 0.717) is 5.69 Å². The van der Waals surface area contributed by atoms with Gasteiger partial charge in [0.1, 0.15) is 0 Å². The summed E-state index contributed by atoms with van der Waals surface area (Å²) < 4.78 is 0. The van der Waals surface area contributed by atoms with Gasteiger partial charge in [-0.15, -0.1) is 0 Å². The van der Waals surface area contributed by atoms with Gasteiger partial charge in [-0.2, -0.15) is 0 Å². The maximum absolute atomic E-state index is 12.6. The van der Waals surface area contributed by atoms with Crippen molar-refractivity contribution in [3.63, 3.8) is 0 Å². The second-order valence-corrected chi connectivity index (χ2v) is 5.41. The van der Waals surface area contributed by atoms with Crippen molar-refractivity contribution in [2.24, 2.45) is 5.92 Å². The predicted octanol–water partition coefficient (Wildman–Crippen LogP) is 3.37. The molecule has 1 saturated heterocycles. The van der Waals surface area contributed by atoms with Gasteiger partial charge < -0.3 is 0 Å². The molecule has 0 aromatic heterocycles. The third-order valence-electron chi connectivity index (χ3n) is 4.12. The number of hydrogen-bond acceptors (Lipinski definition) is 2. The van der Waals surface area contributed by atoms with Crippen LogP contribution in [0.1, 0.15) is 24.8 Å². The number of imide groups is 1. The van der Waals surface area contributed by atoms with E-state index < -0.39 is 0 Å². The third-order valence-corrected chi connectivity index (χ3v) is 4.12. The highest BCUT2D eigenvalue weighted by Crippen LogP contribution is 2.35. The third kappa shape index (κ3) is 2.47. The van der Waals surface area contributed by atoms with Crippen LogP contribution in [0.5, 0.6) is 0 Å². The van der Waals surface area contributed by atoms with E-state index in [0.717, 1.165) is 5.56 Å². The molecule has 0 N–H and O–H groups in total. The lowest BCUT2D eigenvalue weighted by Gasteiger charge is -2.19. The van der Waals surface area contributed by atoms with Crippen molar-refractivity contribution >= 4 is 17.5 Å². The van der Waals surface area contributed by atoms with E-state index in [-0.39, 0.29) is 30.1 Å². The van der Waals surface area contributed by atoms with Crippen molar-refractivity contribution in [1.82, 2.24) is 0 Å². The van der Waals surface area contributed by atoms with Gasteiger partial charge in [0.15, 0.2) is 0 Å². The first-order valence-corrected chi connectivity index (χ1v) is 7.15. The standard InChI is InChI=1S/C18H17NO2/c1-13(14-8-4-2-5-9-14)16-12-17(20)19(18(16)21)15-10-6-3-7-11-15/h2-11,13,16H,12H2,1H3/t13-,16+/m1/s1. The number of carbonyl (C=O) groups is 2. The lowest BCUT2D eigenvalue weighted by molar-refractivity contribution is -0.122. The Balaban J connectivity index is 1.87. The van der Waals surface area contributed by atoms with Gasteiger partial charge in [-0.1, -0.05) is 55.5 Å². The van der Waals surface area contributed by atoms with Crippen molar-refractivity contribution in [1.29, 1.82) is 0 Å². The van der Waals surface area contributed by atoms with E-state index in [4.69, 9.17) is 0 Å². The van der Waals surface area contributed by atoms with Crippen LogP contribution in [0, 0.1) is 5.92 Å². The minimum absolute atomic E-state index is 0.0383. The maximum Gasteiger partial charge on any atom is 0.237 e. The highest BCUT2D eigenvalue weighted by molar-refractivity contribution is 6.21. The van der Waals surface area contributed by atoms with Gasteiger partial charge in [0.25, 0.3) is 0 Å². The normalized spacial score (nSPS) is 19.9. The number of para-hydroxylation sites is 1. The Kier molecular flexibility index (Phi) is 3.57. The average Bonchev–Trinajstić information content (AvgIpc) is 2.83. The van der Waals surface area contributed by atoms with Crippen LogP contribution in [0.4, 0.5) is 5.69 Å². The average molecular weight is 279 g/mol. The molecule has 21 heavy (non-hydrogen) atoms. The zero-order chi connectivity index (χ0) is 14.8. The lowest BCUT2D eigenvalue weighted by atomic mass is 9.86. The van der Waals surface area contributed by atoms with Gasteiger partial charge in [0, 0.05) is 6.42 Å². The summed E-state index contributed by atoms with van der Waals surface area (Å²) in [5.74, 6) is -0.446. The summed E-state index contributed by atoms with van der Waals surface area (Å²) >= 11 is 0. The van der Waals surface area contributed by atoms with Gasteiger partial charge >= 0.3 is 0 Å². The van der Waals surface area contributed by atoms with Gasteiger partial charge in [-0.25, -0.2) is 0 Å². The number of benzene rings is 2. The molecule has 0 bridgehead atoms. The molecule has 1 aliphatic rings. The molecule has 0 saturated carbocycles. The summed E-state index contributed by atoms with van der Waals surface area (Å²) in [5.41, 5.74) is 1.76. The molecule has 1 aliphatic heterocycles. The molecule has 3 heteroatoms. The number of hydrogen-bond donors (Lipinski definition) is 0. The number of carbonyl (C=O) groups excluding carboxylic acids is 2. The number of amides is 2. The first-order chi connectivity index (χ1) is 10.2. The summed E-state index contributed by atoms with van der Waals surface area (Å²) in [4.78, 5) is 26.2. The molecule has 0 aliphatic carbocycles. The Morgan fingerprint density at radius 3 is 2.14 bits per heavy atom. The molecule has 1 heterocycles. The van der Waals surface area contributed by atoms with E-state index in [1.807, 2.05) is 55.5 Å². The molecular weight excluding hydrogens is 262 g/mol. The fourth-order valence-electron chi connectivity index (χ4n) is 2.88. The largest absolute Gasteiger partial charge is 0.274 e. The lowest BCUT2D eigenvalue weighted by Crippen LogP contribution is -2.31. The predicted molar refractivity (Wildman–Crippen MR) is 81.9 cm³/mol. The van der Waals surface area contributed by atoms with Crippen molar-refractivity contribution in [2.75, 3.05) is 4.90 Å². The molecular formula is C18H17NO2. The summed E-state index contributed by atoms with van der Waals surface area (Å²) in [7, 11) is 0. The van der Waals surface area contributed by atoms with Crippen molar-refractivity contribution < 1.29 is 9.59 Å². The fourth-order valence-corrected chi connectivity index (χ4v) is 2.88. The van der Waals surface area contributed by atoms with Crippen LogP contribution in [0.25, 0.3) is 0 Å². The second-order valence-electron chi connectivity index (χ2n) is 5.41. The van der Waals surface area contributed by atoms with Crippen LogP contribution in [-0.2, 0) is 9.59 Å². The van der Waals surface area contributed by atoms with Crippen LogP contribution >= 0.6 is 0 Å². The minimum atomic E-state index is -0.278. The van der Waals surface area contributed by atoms with E-state index in [2.05, 4.69) is 0 Å². The number of anilines is 1. The van der Waals surface area contributed by atoms with Crippen LogP contribution in [0.2, 0.25) is 0 Å². The molecule has 1 fully saturated rings.